The minimum Gasteiger partial charge on any atom is -0.289 e. The fourth-order valence-corrected chi connectivity index (χ4v) is 12.9. The molecule has 0 fully saturated rings. The van der Waals surface area contributed by atoms with E-state index in [9.17, 15) is 19.2 Å². The third kappa shape index (κ3) is 13.2. The maximum absolute atomic E-state index is 14.1. The van der Waals surface area contributed by atoms with Crippen molar-refractivity contribution in [3.63, 3.8) is 0 Å². The normalized spacial score (nSPS) is 17.1. The van der Waals surface area contributed by atoms with Crippen LogP contribution in [0.1, 0.15) is 209 Å². The third-order valence-electron chi connectivity index (χ3n) is 18.4. The molecule has 4 aliphatic rings. The summed E-state index contributed by atoms with van der Waals surface area (Å²) in [4.78, 5) is 56.0. The number of carbonyl (C=O) groups excluding carboxylic acids is 4. The summed E-state index contributed by atoms with van der Waals surface area (Å²) in [5.41, 5.74) is 15.6. The zero-order chi connectivity index (χ0) is 60.1. The predicted molar refractivity (Wildman–Crippen MR) is 351 cm³/mol. The summed E-state index contributed by atoms with van der Waals surface area (Å²) in [6, 6.07) is 52.9. The Kier molecular flexibility index (Phi) is 18.4. The average Bonchev–Trinajstić information content (AvgIpc) is 1.45. The molecule has 0 atom stereocenters. The minimum atomic E-state index is -0.349. The first-order valence-corrected chi connectivity index (χ1v) is 31.0. The second kappa shape index (κ2) is 25.3. The highest BCUT2D eigenvalue weighted by Crippen LogP contribution is 2.50. The zero-order valence-corrected chi connectivity index (χ0v) is 52.2. The lowest BCUT2D eigenvalue weighted by atomic mass is 9.68. The van der Waals surface area contributed by atoms with Crippen LogP contribution < -0.4 is 0 Å². The number of hydrogen-bond donors (Lipinski definition) is 0. The number of aryl methyl sites for hydroxylation is 2. The van der Waals surface area contributed by atoms with Crippen LogP contribution in [-0.4, -0.2) is 23.1 Å². The van der Waals surface area contributed by atoms with Crippen LogP contribution in [0, 0.1) is 33.5 Å². The van der Waals surface area contributed by atoms with Gasteiger partial charge in [-0.05, 0) is 152 Å². The van der Waals surface area contributed by atoms with E-state index < -0.39 is 0 Å². The summed E-state index contributed by atoms with van der Waals surface area (Å²) in [5.74, 6) is 1.75. The van der Waals surface area contributed by atoms with Crippen LogP contribution in [-0.2, 0) is 12.8 Å². The molecule has 0 aromatic heterocycles. The maximum atomic E-state index is 14.1. The van der Waals surface area contributed by atoms with Gasteiger partial charge in [0.1, 0.15) is 0 Å². The molecule has 0 unspecified atom stereocenters. The van der Waals surface area contributed by atoms with Gasteiger partial charge in [-0.25, -0.2) is 0 Å². The van der Waals surface area contributed by atoms with Gasteiger partial charge < -0.3 is 0 Å². The molecule has 0 saturated heterocycles. The average molecular weight is 1110 g/mol. The van der Waals surface area contributed by atoms with Crippen LogP contribution in [0.4, 0.5) is 0 Å². The van der Waals surface area contributed by atoms with Gasteiger partial charge in [0.15, 0.2) is 23.1 Å². The smallest absolute Gasteiger partial charge is 0.190 e. The van der Waals surface area contributed by atoms with Gasteiger partial charge in [0.25, 0.3) is 0 Å². The van der Waals surface area contributed by atoms with Crippen molar-refractivity contribution in [2.45, 2.75) is 147 Å². The highest BCUT2D eigenvalue weighted by Gasteiger charge is 2.40. The molecule has 0 spiro atoms. The molecular formula is C80H88O4. The van der Waals surface area contributed by atoms with E-state index in [1.54, 1.807) is 0 Å². The summed E-state index contributed by atoms with van der Waals surface area (Å²) in [6.45, 7) is 26.6. The molecule has 4 aliphatic carbocycles. The van der Waals surface area contributed by atoms with Gasteiger partial charge >= 0.3 is 0 Å². The number of allylic oxidation sites excluding steroid dienone is 12. The number of fused-ring (bicyclic) bond motifs is 4. The lowest BCUT2D eigenvalue weighted by Crippen LogP contribution is -2.27. The van der Waals surface area contributed by atoms with Crippen LogP contribution in [0.15, 0.2) is 204 Å². The van der Waals surface area contributed by atoms with Crippen molar-refractivity contribution in [2.24, 2.45) is 33.5 Å². The molecule has 6 aromatic carbocycles. The van der Waals surface area contributed by atoms with E-state index in [-0.39, 0.29) is 44.8 Å². The number of Topliss-reactive ketones (excluding diaryl/α,β-unsaturated/α-hetero) is 4. The monoisotopic (exact) mass is 1110 g/mol. The molecule has 0 radical (unpaired) electrons. The van der Waals surface area contributed by atoms with Gasteiger partial charge in [0, 0.05) is 44.5 Å². The predicted octanol–water partition coefficient (Wildman–Crippen LogP) is 20.7. The number of ketones is 4. The van der Waals surface area contributed by atoms with Crippen LogP contribution >= 0.6 is 0 Å². The molecule has 0 bridgehead atoms. The van der Waals surface area contributed by atoms with Crippen molar-refractivity contribution in [1.29, 1.82) is 0 Å². The Hall–Kier alpha value is -7.56. The molecule has 0 aliphatic heterocycles. The number of hydrogen-bond acceptors (Lipinski definition) is 4. The highest BCUT2D eigenvalue weighted by molar-refractivity contribution is 6.25. The number of benzene rings is 6. The number of rotatable bonds is 18. The van der Waals surface area contributed by atoms with Crippen molar-refractivity contribution in [2.75, 3.05) is 0 Å². The molecule has 4 heteroatoms. The molecule has 6 aromatic rings. The lowest BCUT2D eigenvalue weighted by Gasteiger charge is -2.34. The Balaban J connectivity index is 0.000000203. The van der Waals surface area contributed by atoms with Gasteiger partial charge in [-0.15, -0.1) is 0 Å². The summed E-state index contributed by atoms with van der Waals surface area (Å²) in [5, 5.41) is 0. The van der Waals surface area contributed by atoms with Gasteiger partial charge in [-0.1, -0.05) is 266 Å². The van der Waals surface area contributed by atoms with Gasteiger partial charge in [0.2, 0.25) is 0 Å². The first-order valence-electron chi connectivity index (χ1n) is 31.0. The maximum Gasteiger partial charge on any atom is 0.190 e. The molecule has 10 rings (SSSR count). The summed E-state index contributed by atoms with van der Waals surface area (Å²) >= 11 is 0. The Morgan fingerprint density at radius 3 is 0.738 bits per heavy atom. The lowest BCUT2D eigenvalue weighted by molar-refractivity contribution is 0.0993. The first kappa shape index (κ1) is 61.0. The second-order valence-corrected chi connectivity index (χ2v) is 27.5. The van der Waals surface area contributed by atoms with Crippen LogP contribution in [0.25, 0.3) is 22.3 Å². The fourth-order valence-electron chi connectivity index (χ4n) is 12.9. The largest absolute Gasteiger partial charge is 0.289 e. The van der Waals surface area contributed by atoms with Crippen LogP contribution in [0.5, 0.6) is 0 Å². The third-order valence-corrected chi connectivity index (χ3v) is 18.4. The van der Waals surface area contributed by atoms with Crippen LogP contribution in [0.3, 0.4) is 0 Å². The van der Waals surface area contributed by atoms with Crippen molar-refractivity contribution < 1.29 is 19.2 Å². The molecule has 84 heavy (non-hydrogen) atoms. The summed E-state index contributed by atoms with van der Waals surface area (Å²) in [7, 11) is 0. The van der Waals surface area contributed by atoms with E-state index in [1.165, 1.54) is 11.1 Å². The Bertz CT molecular complexity index is 3430. The van der Waals surface area contributed by atoms with E-state index in [1.807, 2.05) is 97.1 Å². The SMILES string of the molecule is CC(C)(CCc1ccccc1)C1=C/C(=C2/C=C(C(C)(C)CCc3ccccc3)C(=O)c3ccccc32)c2ccccc2C1=O.CC(C)CCCC(C)(C)C1=C/C(=C2/C=C(C(C)(C)CCCC(C)C)C(=O)c3ccccc32)c2ccccc2C1=O. The molecule has 432 valence electrons. The standard InChI is InChI=1S/C42H40O2.C38H48O2/c1-41(2,25-23-29-15-7-5-8-16-29)37-27-35(31-19-11-13-21-33(31)39(37)43)36-28-38(40(44)34-22-14-12-20-32(34)36)42(3,4)26-24-30-17-9-6-10-18-30;1-25(2)15-13-21-37(5,6)33-23-31(27-17-9-11-19-29(27)35(33)39)32-24-34(38(7,8)22-14-16-26(3)4)36(40)30-20-12-10-18-28(30)32/h5-22,27-28H,23-26H2,1-4H3;9-12,17-20,23-26H,13-16,21-22H2,1-8H3/b36-35+;32-31+. The minimum absolute atomic E-state index is 0.0931. The second-order valence-electron chi connectivity index (χ2n) is 27.5. The topological polar surface area (TPSA) is 68.3 Å². The highest BCUT2D eigenvalue weighted by atomic mass is 16.1. The zero-order valence-electron chi connectivity index (χ0n) is 52.2. The van der Waals surface area contributed by atoms with Gasteiger partial charge in [0.05, 0.1) is 0 Å². The molecule has 4 nitrogen and oxygen atoms in total. The van der Waals surface area contributed by atoms with Crippen molar-refractivity contribution >= 4 is 45.4 Å². The van der Waals surface area contributed by atoms with E-state index in [2.05, 4.69) is 168 Å². The van der Waals surface area contributed by atoms with Gasteiger partial charge in [-0.3, -0.25) is 19.2 Å². The first-order chi connectivity index (χ1) is 40.0. The summed E-state index contributed by atoms with van der Waals surface area (Å²) in [6.07, 6.45) is 18.5. The van der Waals surface area contributed by atoms with E-state index in [4.69, 9.17) is 0 Å². The van der Waals surface area contributed by atoms with Crippen LogP contribution in [0.2, 0.25) is 0 Å². The van der Waals surface area contributed by atoms with Crippen molar-refractivity contribution in [3.8, 4) is 0 Å². The van der Waals surface area contributed by atoms with Gasteiger partial charge in [-0.2, -0.15) is 0 Å². The van der Waals surface area contributed by atoms with Crippen molar-refractivity contribution in [1.82, 2.24) is 0 Å². The number of carbonyl (C=O) groups is 4. The Labute approximate surface area is 502 Å². The van der Waals surface area contributed by atoms with E-state index >= 15 is 0 Å². The quantitative estimate of drug-likeness (QED) is 0.0860. The Morgan fingerprint density at radius 2 is 0.500 bits per heavy atom. The molecule has 0 N–H and O–H groups in total. The van der Waals surface area contributed by atoms with Crippen molar-refractivity contribution in [3.05, 3.63) is 260 Å². The van der Waals surface area contributed by atoms with E-state index in [0.717, 1.165) is 153 Å². The summed E-state index contributed by atoms with van der Waals surface area (Å²) < 4.78 is 0. The van der Waals surface area contributed by atoms with E-state index in [0.29, 0.717) is 11.8 Å². The molecule has 0 saturated carbocycles. The molecule has 0 amide bonds. The molecular weight excluding hydrogens is 1020 g/mol. The Morgan fingerprint density at radius 1 is 0.286 bits per heavy atom. The molecule has 0 heterocycles. The fraction of sp³-hybridized carbons (Fsp3) is 0.350.